The molecule has 164 valence electrons. The average molecular weight is 428 g/mol. The summed E-state index contributed by atoms with van der Waals surface area (Å²) in [6, 6.07) is 7.53. The maximum absolute atomic E-state index is 13.6. The van der Waals surface area contributed by atoms with Gasteiger partial charge in [-0.1, -0.05) is 50.9 Å². The van der Waals surface area contributed by atoms with Crippen LogP contribution < -0.4 is 5.73 Å². The first-order valence-electron chi connectivity index (χ1n) is 12.3. The van der Waals surface area contributed by atoms with Crippen molar-refractivity contribution in [2.24, 2.45) is 46.2 Å². The third-order valence-corrected chi connectivity index (χ3v) is 10.8. The maximum Gasteiger partial charge on any atom is 0.166 e. The molecule has 2 nitrogen and oxygen atoms in total. The van der Waals surface area contributed by atoms with Crippen molar-refractivity contribution in [1.82, 2.24) is 0 Å². The third-order valence-electron chi connectivity index (χ3n) is 10.5. The van der Waals surface area contributed by atoms with E-state index in [-0.39, 0.29) is 22.7 Å². The summed E-state index contributed by atoms with van der Waals surface area (Å²) in [7, 11) is 0. The predicted octanol–water partition coefficient (Wildman–Crippen LogP) is 6.90. The molecule has 1 aromatic rings. The van der Waals surface area contributed by atoms with Gasteiger partial charge < -0.3 is 5.73 Å². The van der Waals surface area contributed by atoms with E-state index in [1.54, 1.807) is 0 Å². The molecule has 3 heteroatoms. The average Bonchev–Trinajstić information content (AvgIpc) is 3.06. The highest BCUT2D eigenvalue weighted by Crippen LogP contribution is 2.68. The van der Waals surface area contributed by atoms with Gasteiger partial charge in [0.2, 0.25) is 0 Å². The van der Waals surface area contributed by atoms with Crippen LogP contribution in [0, 0.1) is 40.4 Å². The third kappa shape index (κ3) is 2.89. The molecular formula is C27H38ClNO. The van der Waals surface area contributed by atoms with E-state index in [4.69, 9.17) is 17.3 Å². The van der Waals surface area contributed by atoms with Crippen molar-refractivity contribution in [2.75, 3.05) is 0 Å². The highest BCUT2D eigenvalue weighted by atomic mass is 35.5. The first kappa shape index (κ1) is 21.0. The summed E-state index contributed by atoms with van der Waals surface area (Å²) in [6.07, 6.45) is 11.0. The monoisotopic (exact) mass is 427 g/mol. The molecule has 0 aromatic heterocycles. The van der Waals surface area contributed by atoms with Crippen LogP contribution in [0.2, 0.25) is 5.02 Å². The van der Waals surface area contributed by atoms with Gasteiger partial charge in [0.15, 0.2) is 5.78 Å². The zero-order chi connectivity index (χ0) is 21.3. The number of carbonyl (C=O) groups is 1. The maximum atomic E-state index is 13.6. The van der Waals surface area contributed by atoms with Crippen molar-refractivity contribution in [2.45, 2.75) is 84.1 Å². The van der Waals surface area contributed by atoms with Gasteiger partial charge in [-0.05, 0) is 98.0 Å². The molecular weight excluding hydrogens is 390 g/mol. The van der Waals surface area contributed by atoms with Crippen LogP contribution in [0.25, 0.3) is 0 Å². The summed E-state index contributed by atoms with van der Waals surface area (Å²) in [5.74, 6) is 3.17. The topological polar surface area (TPSA) is 43.1 Å². The van der Waals surface area contributed by atoms with Crippen LogP contribution in [-0.4, -0.2) is 11.3 Å². The lowest BCUT2D eigenvalue weighted by Gasteiger charge is -2.65. The molecule has 0 spiro atoms. The van der Waals surface area contributed by atoms with Crippen LogP contribution in [-0.2, 0) is 0 Å². The molecule has 0 saturated heterocycles. The molecule has 0 amide bonds. The second kappa shape index (κ2) is 7.07. The first-order chi connectivity index (χ1) is 14.2. The summed E-state index contributed by atoms with van der Waals surface area (Å²) in [4.78, 5) is 13.6. The van der Waals surface area contributed by atoms with E-state index in [1.807, 2.05) is 24.3 Å². The Bertz CT molecular complexity index is 853. The van der Waals surface area contributed by atoms with Crippen LogP contribution >= 0.6 is 11.6 Å². The summed E-state index contributed by atoms with van der Waals surface area (Å²) in [5, 5.41) is 0.650. The van der Waals surface area contributed by atoms with Gasteiger partial charge in [-0.25, -0.2) is 0 Å². The van der Waals surface area contributed by atoms with Crippen LogP contribution in [0.3, 0.4) is 0 Å². The number of rotatable bonds is 2. The van der Waals surface area contributed by atoms with Crippen molar-refractivity contribution in [3.8, 4) is 0 Å². The molecule has 0 aliphatic heterocycles. The zero-order valence-corrected chi connectivity index (χ0v) is 19.7. The van der Waals surface area contributed by atoms with Crippen molar-refractivity contribution in [3.05, 3.63) is 34.9 Å². The number of fused-ring (bicyclic) bond motifs is 5. The molecule has 2 N–H and O–H groups in total. The van der Waals surface area contributed by atoms with Crippen LogP contribution in [0.15, 0.2) is 24.3 Å². The fourth-order valence-corrected chi connectivity index (χ4v) is 9.15. The normalized spacial score (nSPS) is 47.8. The molecule has 4 aliphatic carbocycles. The summed E-state index contributed by atoms with van der Waals surface area (Å²) < 4.78 is 0. The van der Waals surface area contributed by atoms with Crippen molar-refractivity contribution in [3.63, 3.8) is 0 Å². The van der Waals surface area contributed by atoms with Gasteiger partial charge >= 0.3 is 0 Å². The smallest absolute Gasteiger partial charge is 0.166 e. The van der Waals surface area contributed by atoms with Gasteiger partial charge in [0, 0.05) is 22.0 Å². The predicted molar refractivity (Wildman–Crippen MR) is 124 cm³/mol. The Labute approximate surface area is 187 Å². The quantitative estimate of drug-likeness (QED) is 0.521. The SMILES string of the molecule is C[C@H]1CC[C@]2(C)C3CC[C@@]4(C)C(CC[C@@H]4C(=O)c4cccc(Cl)c4)[C@]3(N)CC[C@@H]2C1. The lowest BCUT2D eigenvalue weighted by Crippen LogP contribution is -2.68. The van der Waals surface area contributed by atoms with Crippen LogP contribution in [0.5, 0.6) is 0 Å². The zero-order valence-electron chi connectivity index (χ0n) is 18.9. The van der Waals surface area contributed by atoms with E-state index < -0.39 is 0 Å². The molecule has 4 aliphatic rings. The van der Waals surface area contributed by atoms with Gasteiger partial charge in [-0.2, -0.15) is 0 Å². The summed E-state index contributed by atoms with van der Waals surface area (Å²) in [6.45, 7) is 7.39. The van der Waals surface area contributed by atoms with Gasteiger partial charge in [0.05, 0.1) is 0 Å². The minimum atomic E-state index is -0.0950. The minimum absolute atomic E-state index is 0.0236. The lowest BCUT2D eigenvalue weighted by molar-refractivity contribution is -0.128. The van der Waals surface area contributed by atoms with E-state index in [9.17, 15) is 4.79 Å². The second-order valence-electron chi connectivity index (χ2n) is 11.9. The fraction of sp³-hybridized carbons (Fsp3) is 0.741. The van der Waals surface area contributed by atoms with Crippen molar-refractivity contribution < 1.29 is 4.79 Å². The molecule has 5 rings (SSSR count). The molecule has 30 heavy (non-hydrogen) atoms. The van der Waals surface area contributed by atoms with E-state index >= 15 is 0 Å². The molecule has 1 aromatic carbocycles. The second-order valence-corrected chi connectivity index (χ2v) is 12.3. The number of benzene rings is 1. The highest BCUT2D eigenvalue weighted by molar-refractivity contribution is 6.31. The highest BCUT2D eigenvalue weighted by Gasteiger charge is 2.66. The summed E-state index contributed by atoms with van der Waals surface area (Å²) in [5.41, 5.74) is 8.56. The largest absolute Gasteiger partial charge is 0.325 e. The first-order valence-corrected chi connectivity index (χ1v) is 12.6. The van der Waals surface area contributed by atoms with Crippen LogP contribution in [0.4, 0.5) is 0 Å². The van der Waals surface area contributed by atoms with E-state index in [0.717, 1.165) is 43.1 Å². The number of hydrogen-bond donors (Lipinski definition) is 1. The number of hydrogen-bond acceptors (Lipinski definition) is 2. The minimum Gasteiger partial charge on any atom is -0.325 e. The van der Waals surface area contributed by atoms with Gasteiger partial charge in [0.25, 0.3) is 0 Å². The van der Waals surface area contributed by atoms with Crippen molar-refractivity contribution >= 4 is 17.4 Å². The van der Waals surface area contributed by atoms with E-state index in [0.29, 0.717) is 22.3 Å². The lowest BCUT2D eigenvalue weighted by atomic mass is 9.41. The van der Waals surface area contributed by atoms with Crippen molar-refractivity contribution in [1.29, 1.82) is 0 Å². The molecule has 8 atom stereocenters. The number of Topliss-reactive ketones (excluding diaryl/α,β-unsaturated/α-hetero) is 1. The Kier molecular flexibility index (Phi) is 4.95. The van der Waals surface area contributed by atoms with Gasteiger partial charge in [-0.3, -0.25) is 4.79 Å². The Morgan fingerprint density at radius 2 is 1.73 bits per heavy atom. The fourth-order valence-electron chi connectivity index (χ4n) is 8.96. The van der Waals surface area contributed by atoms with E-state index in [1.165, 1.54) is 32.1 Å². The molecule has 4 saturated carbocycles. The van der Waals surface area contributed by atoms with Crippen LogP contribution in [0.1, 0.15) is 88.9 Å². The van der Waals surface area contributed by atoms with Gasteiger partial charge in [-0.15, -0.1) is 0 Å². The molecule has 0 radical (unpaired) electrons. The number of halogens is 1. The Balaban J connectivity index is 1.45. The standard InChI is InChI=1S/C27H38ClNO/c1-17-9-12-25(2)19(15-17)10-14-27(29)22-8-7-21(26(22,3)13-11-23(25)27)24(30)18-5-4-6-20(28)16-18/h4-6,16-17,19,21-23H,7-15,29H2,1-3H3/t17-,19+,21+,22?,23?,25-,26+,27+/m0/s1. The number of nitrogens with two attached hydrogens (primary N) is 1. The molecule has 2 unspecified atom stereocenters. The van der Waals surface area contributed by atoms with Gasteiger partial charge in [0.1, 0.15) is 0 Å². The molecule has 0 heterocycles. The Morgan fingerprint density at radius 1 is 1.00 bits per heavy atom. The molecule has 4 fully saturated rings. The Hall–Kier alpha value is -0.860. The van der Waals surface area contributed by atoms with E-state index in [2.05, 4.69) is 20.8 Å². The number of carbonyl (C=O) groups excluding carboxylic acids is 1. The number of ketones is 1. The summed E-state index contributed by atoms with van der Waals surface area (Å²) >= 11 is 6.20. The molecule has 0 bridgehead atoms. The Morgan fingerprint density at radius 3 is 2.50 bits per heavy atom.